The van der Waals surface area contributed by atoms with E-state index >= 15 is 0 Å². The molecule has 0 saturated carbocycles. The molecule has 17 heavy (non-hydrogen) atoms. The van der Waals surface area contributed by atoms with E-state index in [9.17, 15) is 4.79 Å². The van der Waals surface area contributed by atoms with Crippen molar-refractivity contribution < 1.29 is 9.53 Å². The molecule has 102 valence electrons. The van der Waals surface area contributed by atoms with Crippen LogP contribution in [0.1, 0.15) is 40.5 Å². The van der Waals surface area contributed by atoms with Crippen molar-refractivity contribution in [2.75, 3.05) is 20.7 Å². The van der Waals surface area contributed by atoms with Crippen molar-refractivity contribution in [2.45, 2.75) is 52.2 Å². The first-order chi connectivity index (χ1) is 7.78. The van der Waals surface area contributed by atoms with Crippen molar-refractivity contribution in [1.29, 1.82) is 0 Å². The molecule has 0 radical (unpaired) electrons. The molecular weight excluding hydrogens is 216 g/mol. The molecule has 0 aliphatic heterocycles. The molecule has 0 rings (SSSR count). The summed E-state index contributed by atoms with van der Waals surface area (Å²) < 4.78 is 5.30. The predicted molar refractivity (Wildman–Crippen MR) is 70.8 cm³/mol. The number of hydrogen-bond acceptors (Lipinski definition) is 3. The molecule has 2 N–H and O–H groups in total. The molecule has 0 bridgehead atoms. The van der Waals surface area contributed by atoms with Crippen LogP contribution < -0.4 is 5.73 Å². The number of nitrogens with zero attached hydrogens (tertiary/aromatic N) is 1. The zero-order chi connectivity index (χ0) is 13.6. The second kappa shape index (κ2) is 6.97. The number of carbonyl (C=O) groups excluding carboxylic acids is 1. The normalized spacial score (nSPS) is 16.7. The number of hydrogen-bond donors (Lipinski definition) is 1. The molecule has 0 heterocycles. The van der Waals surface area contributed by atoms with Crippen molar-refractivity contribution in [3.63, 3.8) is 0 Å². The smallest absolute Gasteiger partial charge is 0.254 e. The van der Waals surface area contributed by atoms with Gasteiger partial charge in [0.05, 0.1) is 0 Å². The Morgan fingerprint density at radius 1 is 1.47 bits per heavy atom. The maximum atomic E-state index is 12.2. The minimum absolute atomic E-state index is 0.0263. The second-order valence-corrected chi connectivity index (χ2v) is 5.21. The monoisotopic (exact) mass is 244 g/mol. The van der Waals surface area contributed by atoms with E-state index in [0.29, 0.717) is 18.9 Å². The average molecular weight is 244 g/mol. The highest BCUT2D eigenvalue weighted by molar-refractivity contribution is 5.84. The molecule has 2 unspecified atom stereocenters. The summed E-state index contributed by atoms with van der Waals surface area (Å²) >= 11 is 0. The van der Waals surface area contributed by atoms with Crippen LogP contribution in [0, 0.1) is 5.92 Å². The van der Waals surface area contributed by atoms with Crippen LogP contribution in [-0.2, 0) is 9.53 Å². The van der Waals surface area contributed by atoms with Crippen LogP contribution in [0.15, 0.2) is 0 Å². The van der Waals surface area contributed by atoms with E-state index in [2.05, 4.69) is 13.8 Å². The molecule has 0 saturated heterocycles. The van der Waals surface area contributed by atoms with Gasteiger partial charge in [-0.2, -0.15) is 0 Å². The lowest BCUT2D eigenvalue weighted by atomic mass is 9.99. The summed E-state index contributed by atoms with van der Waals surface area (Å²) in [4.78, 5) is 13.9. The Hall–Kier alpha value is -0.610. The predicted octanol–water partition coefficient (Wildman–Crippen LogP) is 1.63. The third kappa shape index (κ3) is 4.64. The van der Waals surface area contributed by atoms with Gasteiger partial charge in [-0.1, -0.05) is 20.8 Å². The van der Waals surface area contributed by atoms with E-state index < -0.39 is 5.60 Å². The fourth-order valence-electron chi connectivity index (χ4n) is 1.56. The number of likely N-dealkylation sites (N-methyl/N-ethyl adjacent to an activating group) is 1. The van der Waals surface area contributed by atoms with E-state index in [-0.39, 0.29) is 11.9 Å². The average Bonchev–Trinajstić information content (AvgIpc) is 2.33. The van der Waals surface area contributed by atoms with Crippen molar-refractivity contribution in [2.24, 2.45) is 11.7 Å². The number of ether oxygens (including phenoxy) is 1. The van der Waals surface area contributed by atoms with Gasteiger partial charge in [0.25, 0.3) is 5.91 Å². The molecule has 4 nitrogen and oxygen atoms in total. The Balaban J connectivity index is 4.32. The Labute approximate surface area is 105 Å². The van der Waals surface area contributed by atoms with Crippen LogP contribution in [0.25, 0.3) is 0 Å². The molecule has 2 atom stereocenters. The van der Waals surface area contributed by atoms with Gasteiger partial charge in [-0.15, -0.1) is 0 Å². The van der Waals surface area contributed by atoms with E-state index in [4.69, 9.17) is 10.5 Å². The van der Waals surface area contributed by atoms with Crippen LogP contribution in [0.5, 0.6) is 0 Å². The molecule has 0 aliphatic rings. The maximum Gasteiger partial charge on any atom is 0.254 e. The Morgan fingerprint density at radius 2 is 2.00 bits per heavy atom. The highest BCUT2D eigenvalue weighted by Gasteiger charge is 2.33. The number of amides is 1. The topological polar surface area (TPSA) is 55.6 Å². The molecule has 1 amide bonds. The SMILES string of the molecule is CCC(C)(OC)C(=O)N(C)CCC(N)C(C)C. The van der Waals surface area contributed by atoms with Crippen molar-refractivity contribution in [1.82, 2.24) is 4.90 Å². The highest BCUT2D eigenvalue weighted by Crippen LogP contribution is 2.17. The van der Waals surface area contributed by atoms with E-state index in [1.165, 1.54) is 0 Å². The van der Waals surface area contributed by atoms with Crippen LogP contribution >= 0.6 is 0 Å². The fraction of sp³-hybridized carbons (Fsp3) is 0.923. The van der Waals surface area contributed by atoms with Crippen LogP contribution in [-0.4, -0.2) is 43.2 Å². The summed E-state index contributed by atoms with van der Waals surface area (Å²) in [5.41, 5.74) is 5.26. The molecule has 4 heteroatoms. The quantitative estimate of drug-likeness (QED) is 0.740. The van der Waals surface area contributed by atoms with Gasteiger partial charge in [0, 0.05) is 26.7 Å². The fourth-order valence-corrected chi connectivity index (χ4v) is 1.56. The summed E-state index contributed by atoms with van der Waals surface area (Å²) in [6.45, 7) is 8.65. The lowest BCUT2D eigenvalue weighted by molar-refractivity contribution is -0.152. The van der Waals surface area contributed by atoms with Crippen LogP contribution in [0.4, 0.5) is 0 Å². The molecule has 0 aromatic rings. The summed E-state index contributed by atoms with van der Waals surface area (Å²) in [6.07, 6.45) is 1.49. The van der Waals surface area contributed by atoms with Gasteiger partial charge in [0.1, 0.15) is 5.60 Å². The van der Waals surface area contributed by atoms with Gasteiger partial charge in [0.2, 0.25) is 0 Å². The van der Waals surface area contributed by atoms with Gasteiger partial charge in [-0.3, -0.25) is 4.79 Å². The van der Waals surface area contributed by atoms with Crippen molar-refractivity contribution in [3.8, 4) is 0 Å². The van der Waals surface area contributed by atoms with Gasteiger partial charge in [0.15, 0.2) is 0 Å². The van der Waals surface area contributed by atoms with E-state index in [0.717, 1.165) is 6.42 Å². The number of nitrogens with two attached hydrogens (primary N) is 1. The minimum atomic E-state index is -0.712. The number of rotatable bonds is 7. The van der Waals surface area contributed by atoms with E-state index in [1.54, 1.807) is 12.0 Å². The zero-order valence-corrected chi connectivity index (χ0v) is 12.1. The highest BCUT2D eigenvalue weighted by atomic mass is 16.5. The van der Waals surface area contributed by atoms with E-state index in [1.807, 2.05) is 20.9 Å². The van der Waals surface area contributed by atoms with Crippen LogP contribution in [0.3, 0.4) is 0 Å². The van der Waals surface area contributed by atoms with Crippen molar-refractivity contribution in [3.05, 3.63) is 0 Å². The first-order valence-electron chi connectivity index (χ1n) is 6.34. The summed E-state index contributed by atoms with van der Waals surface area (Å²) in [6, 6.07) is 0.140. The Morgan fingerprint density at radius 3 is 2.35 bits per heavy atom. The number of carbonyl (C=O) groups is 1. The molecular formula is C13H28N2O2. The third-order valence-electron chi connectivity index (χ3n) is 3.58. The largest absolute Gasteiger partial charge is 0.369 e. The number of methoxy groups -OCH3 is 1. The Kier molecular flexibility index (Phi) is 6.72. The van der Waals surface area contributed by atoms with Crippen molar-refractivity contribution >= 4 is 5.91 Å². The van der Waals surface area contributed by atoms with Gasteiger partial charge in [-0.05, 0) is 25.7 Å². The molecule has 0 aromatic heterocycles. The zero-order valence-electron chi connectivity index (χ0n) is 12.1. The standard InChI is InChI=1S/C13H28N2O2/c1-7-13(4,17-6)12(16)15(5)9-8-11(14)10(2)3/h10-11H,7-9,14H2,1-6H3. The summed E-state index contributed by atoms with van der Waals surface area (Å²) in [5.74, 6) is 0.469. The van der Waals surface area contributed by atoms with Gasteiger partial charge in [-0.25, -0.2) is 0 Å². The third-order valence-corrected chi connectivity index (χ3v) is 3.58. The Bertz CT molecular complexity index is 238. The first-order valence-corrected chi connectivity index (χ1v) is 6.34. The summed E-state index contributed by atoms with van der Waals surface area (Å²) in [5, 5.41) is 0. The lowest BCUT2D eigenvalue weighted by Gasteiger charge is -2.31. The molecule has 0 spiro atoms. The second-order valence-electron chi connectivity index (χ2n) is 5.21. The molecule has 0 fully saturated rings. The molecule has 0 aliphatic carbocycles. The van der Waals surface area contributed by atoms with Crippen LogP contribution in [0.2, 0.25) is 0 Å². The molecule has 0 aromatic carbocycles. The maximum absolute atomic E-state index is 12.2. The minimum Gasteiger partial charge on any atom is -0.369 e. The van der Waals surface area contributed by atoms with Gasteiger partial charge >= 0.3 is 0 Å². The first kappa shape index (κ1) is 16.4. The lowest BCUT2D eigenvalue weighted by Crippen LogP contribution is -2.47. The van der Waals surface area contributed by atoms with Gasteiger partial charge < -0.3 is 15.4 Å². The summed E-state index contributed by atoms with van der Waals surface area (Å²) in [7, 11) is 3.39.